The van der Waals surface area contributed by atoms with E-state index in [1.165, 1.54) is 6.92 Å². The van der Waals surface area contributed by atoms with Gasteiger partial charge in [-0.1, -0.05) is 23.2 Å². The molecule has 0 bridgehead atoms. The van der Waals surface area contributed by atoms with E-state index in [-0.39, 0.29) is 21.5 Å². The minimum atomic E-state index is -4.11. The number of sulfone groups is 1. The van der Waals surface area contributed by atoms with E-state index in [0.29, 0.717) is 0 Å². The molecule has 5 nitrogen and oxygen atoms in total. The Hall–Kier alpha value is -0.720. The van der Waals surface area contributed by atoms with E-state index in [4.69, 9.17) is 23.2 Å². The van der Waals surface area contributed by atoms with Crippen LogP contribution in [0.4, 0.5) is 0 Å². The molecule has 0 fully saturated rings. The maximum atomic E-state index is 11.0. The molecule has 0 unspecified atom stereocenters. The van der Waals surface area contributed by atoms with Crippen LogP contribution in [-0.4, -0.2) is 24.0 Å². The third kappa shape index (κ3) is 2.02. The normalized spacial score (nSPS) is 11.4. The van der Waals surface area contributed by atoms with Crippen molar-refractivity contribution < 1.29 is 13.2 Å². The van der Waals surface area contributed by atoms with Gasteiger partial charge in [0, 0.05) is 0 Å². The van der Waals surface area contributed by atoms with E-state index in [9.17, 15) is 13.2 Å². The molecule has 0 aromatic carbocycles. The molecule has 0 radical (unpaired) electrons. The molecule has 0 N–H and O–H groups in total. The molecule has 1 heterocycles. The fourth-order valence-corrected chi connectivity index (χ4v) is 1.59. The van der Waals surface area contributed by atoms with Gasteiger partial charge in [-0.05, 0) is 6.92 Å². The van der Waals surface area contributed by atoms with Gasteiger partial charge in [-0.2, -0.15) is 0 Å². The first-order valence-electron chi connectivity index (χ1n) is 3.28. The van der Waals surface area contributed by atoms with Crippen molar-refractivity contribution in [1.29, 1.82) is 0 Å². The topological polar surface area (TPSA) is 77.0 Å². The zero-order chi connectivity index (χ0) is 10.9. The number of hydrogen-bond acceptors (Lipinski definition) is 5. The number of halogens is 2. The predicted octanol–water partition coefficient (Wildman–Crippen LogP) is 1.06. The van der Waals surface area contributed by atoms with Crippen molar-refractivity contribution in [3.05, 3.63) is 15.9 Å². The second-order valence-corrected chi connectivity index (χ2v) is 4.72. The highest BCUT2D eigenvalue weighted by Crippen LogP contribution is 2.23. The number of nitrogens with zero attached hydrogens (tertiary/aromatic N) is 2. The van der Waals surface area contributed by atoms with Crippen LogP contribution in [-0.2, 0) is 14.6 Å². The molecular formula is C6H4Cl2N2O3S. The summed E-state index contributed by atoms with van der Waals surface area (Å²) >= 11 is 11.1. The first-order chi connectivity index (χ1) is 6.38. The SMILES string of the molecule is Cc1nc(S(=O)(=O)C=O)nc(Cl)c1Cl. The molecule has 0 amide bonds. The van der Waals surface area contributed by atoms with Gasteiger partial charge in [0.1, 0.15) is 0 Å². The minimum absolute atomic E-state index is 0.0662. The number of aromatic nitrogens is 2. The van der Waals surface area contributed by atoms with Crippen molar-refractivity contribution in [2.24, 2.45) is 0 Å². The van der Waals surface area contributed by atoms with Crippen molar-refractivity contribution in [2.45, 2.75) is 12.1 Å². The highest BCUT2D eigenvalue weighted by atomic mass is 35.5. The van der Waals surface area contributed by atoms with Gasteiger partial charge in [0.2, 0.25) is 5.62 Å². The average molecular weight is 255 g/mol. The van der Waals surface area contributed by atoms with E-state index >= 15 is 0 Å². The lowest BCUT2D eigenvalue weighted by Gasteiger charge is -2.01. The van der Waals surface area contributed by atoms with Gasteiger partial charge < -0.3 is 0 Å². The minimum Gasteiger partial charge on any atom is -0.285 e. The van der Waals surface area contributed by atoms with Gasteiger partial charge in [-0.25, -0.2) is 18.4 Å². The van der Waals surface area contributed by atoms with E-state index < -0.39 is 15.0 Å². The number of carbonyl (C=O) groups excluding carboxylic acids is 1. The highest BCUT2D eigenvalue weighted by Gasteiger charge is 2.19. The Labute approximate surface area is 90.0 Å². The molecule has 0 aliphatic rings. The third-order valence-electron chi connectivity index (χ3n) is 1.34. The van der Waals surface area contributed by atoms with Crippen LogP contribution in [0.2, 0.25) is 10.2 Å². The Morgan fingerprint density at radius 2 is 1.86 bits per heavy atom. The lowest BCUT2D eigenvalue weighted by atomic mass is 10.5. The monoisotopic (exact) mass is 254 g/mol. The van der Waals surface area contributed by atoms with Crippen molar-refractivity contribution in [2.75, 3.05) is 0 Å². The largest absolute Gasteiger partial charge is 0.285 e. The highest BCUT2D eigenvalue weighted by molar-refractivity contribution is 8.04. The predicted molar refractivity (Wildman–Crippen MR) is 50.7 cm³/mol. The van der Waals surface area contributed by atoms with Crippen LogP contribution >= 0.6 is 23.2 Å². The van der Waals surface area contributed by atoms with Gasteiger partial charge in [0.05, 0.1) is 10.7 Å². The summed E-state index contributed by atoms with van der Waals surface area (Å²) in [6.07, 6.45) is 0. The summed E-state index contributed by atoms with van der Waals surface area (Å²) in [5.41, 5.74) is -0.0430. The Balaban J connectivity index is 3.48. The molecular weight excluding hydrogens is 251 g/mol. The quantitative estimate of drug-likeness (QED) is 0.448. The molecule has 0 atom stereocenters. The van der Waals surface area contributed by atoms with Crippen molar-refractivity contribution in [3.63, 3.8) is 0 Å². The zero-order valence-electron chi connectivity index (χ0n) is 6.86. The number of rotatable bonds is 2. The second kappa shape index (κ2) is 3.80. The van der Waals surface area contributed by atoms with Gasteiger partial charge in [0.15, 0.2) is 5.15 Å². The molecule has 0 aliphatic carbocycles. The Bertz CT molecular complexity index is 463. The van der Waals surface area contributed by atoms with E-state index in [0.717, 1.165) is 0 Å². The van der Waals surface area contributed by atoms with Crippen LogP contribution in [0.15, 0.2) is 5.16 Å². The first-order valence-corrected chi connectivity index (χ1v) is 5.58. The molecule has 1 aromatic rings. The van der Waals surface area contributed by atoms with Crippen LogP contribution in [0.3, 0.4) is 0 Å². The third-order valence-corrected chi connectivity index (χ3v) is 3.10. The van der Waals surface area contributed by atoms with Crippen molar-refractivity contribution in [1.82, 2.24) is 9.97 Å². The molecule has 0 saturated carbocycles. The Kier molecular flexibility index (Phi) is 3.08. The van der Waals surface area contributed by atoms with Crippen LogP contribution in [0, 0.1) is 6.92 Å². The average Bonchev–Trinajstić information content (AvgIpc) is 2.13. The summed E-state index contributed by atoms with van der Waals surface area (Å²) in [6, 6.07) is 0. The molecule has 8 heteroatoms. The van der Waals surface area contributed by atoms with Crippen LogP contribution in [0.5, 0.6) is 0 Å². The van der Waals surface area contributed by atoms with E-state index in [2.05, 4.69) is 9.97 Å². The maximum Gasteiger partial charge on any atom is 0.272 e. The van der Waals surface area contributed by atoms with Crippen LogP contribution < -0.4 is 0 Å². The van der Waals surface area contributed by atoms with Crippen molar-refractivity contribution >= 4 is 38.7 Å². The zero-order valence-corrected chi connectivity index (χ0v) is 9.19. The summed E-state index contributed by atoms with van der Waals surface area (Å²) in [6.45, 7) is 1.46. The fourth-order valence-electron chi connectivity index (χ4n) is 0.670. The van der Waals surface area contributed by atoms with Gasteiger partial charge >= 0.3 is 0 Å². The molecule has 0 spiro atoms. The summed E-state index contributed by atoms with van der Waals surface area (Å²) in [5, 5.41) is -0.768. The molecule has 1 rings (SSSR count). The summed E-state index contributed by atoms with van der Waals surface area (Å²) in [7, 11) is -4.11. The fraction of sp³-hybridized carbons (Fsp3) is 0.167. The number of carbonyl (C=O) groups is 1. The van der Waals surface area contributed by atoms with Crippen LogP contribution in [0.25, 0.3) is 0 Å². The first kappa shape index (κ1) is 11.4. The van der Waals surface area contributed by atoms with Gasteiger partial charge in [0.25, 0.3) is 15.0 Å². The van der Waals surface area contributed by atoms with Crippen molar-refractivity contribution in [3.8, 4) is 0 Å². The van der Waals surface area contributed by atoms with Crippen LogP contribution in [0.1, 0.15) is 5.69 Å². The molecule has 76 valence electrons. The maximum absolute atomic E-state index is 11.0. The number of aryl methyl sites for hydroxylation is 1. The molecule has 14 heavy (non-hydrogen) atoms. The van der Waals surface area contributed by atoms with E-state index in [1.54, 1.807) is 0 Å². The molecule has 1 aromatic heterocycles. The standard InChI is InChI=1S/C6H4Cl2N2O3S/c1-3-4(7)5(8)10-6(9-3)14(12,13)2-11/h2H,1H3. The van der Waals surface area contributed by atoms with E-state index in [1.807, 2.05) is 0 Å². The molecule has 0 saturated heterocycles. The summed E-state index contributed by atoms with van der Waals surface area (Å²) < 4.78 is 22.0. The lowest BCUT2D eigenvalue weighted by Crippen LogP contribution is -2.08. The second-order valence-electron chi connectivity index (χ2n) is 2.34. The Morgan fingerprint density at radius 1 is 1.29 bits per heavy atom. The number of hydrogen-bond donors (Lipinski definition) is 0. The smallest absolute Gasteiger partial charge is 0.272 e. The van der Waals surface area contributed by atoms with Gasteiger partial charge in [-0.3, -0.25) is 4.79 Å². The molecule has 0 aliphatic heterocycles. The Morgan fingerprint density at radius 3 is 2.29 bits per heavy atom. The summed E-state index contributed by atoms with van der Waals surface area (Å²) in [5.74, 6) is 0. The van der Waals surface area contributed by atoms with Gasteiger partial charge in [-0.15, -0.1) is 0 Å². The lowest BCUT2D eigenvalue weighted by molar-refractivity contribution is 0.553. The summed E-state index contributed by atoms with van der Waals surface area (Å²) in [4.78, 5) is 17.1.